The lowest BCUT2D eigenvalue weighted by atomic mass is 10.0. The van der Waals surface area contributed by atoms with Gasteiger partial charge in [-0.2, -0.15) is 0 Å². The summed E-state index contributed by atoms with van der Waals surface area (Å²) in [5.41, 5.74) is 1.21. The average molecular weight is 283 g/mol. The van der Waals surface area contributed by atoms with Crippen molar-refractivity contribution >= 4 is 21.6 Å². The zero-order valence-corrected chi connectivity index (χ0v) is 11.1. The van der Waals surface area contributed by atoms with Crippen molar-refractivity contribution in [3.8, 4) is 0 Å². The molecule has 0 radical (unpaired) electrons. The predicted octanol–water partition coefficient (Wildman–Crippen LogP) is 3.25. The van der Waals surface area contributed by atoms with Gasteiger partial charge in [0.2, 0.25) is 0 Å². The monoisotopic (exact) mass is 282 g/mol. The van der Waals surface area contributed by atoms with E-state index in [0.717, 1.165) is 16.9 Å². The number of anilines is 1. The highest BCUT2D eigenvalue weighted by Gasteiger charge is 2.11. The number of hydrogen-bond donors (Lipinski definition) is 2. The Morgan fingerprint density at radius 2 is 2.25 bits per heavy atom. The quantitative estimate of drug-likeness (QED) is 0.889. The minimum atomic E-state index is 0.814. The maximum Gasteiger partial charge on any atom is 0.0351 e. The van der Waals surface area contributed by atoms with Crippen LogP contribution in [0.4, 0.5) is 5.69 Å². The van der Waals surface area contributed by atoms with Crippen LogP contribution >= 0.6 is 15.9 Å². The molecular weight excluding hydrogens is 264 g/mol. The maximum absolute atomic E-state index is 3.53. The second kappa shape index (κ2) is 6.26. The molecule has 1 aromatic carbocycles. The van der Waals surface area contributed by atoms with E-state index < -0.39 is 0 Å². The summed E-state index contributed by atoms with van der Waals surface area (Å²) in [6.07, 6.45) is 3.94. The molecule has 1 aliphatic heterocycles. The van der Waals surface area contributed by atoms with E-state index in [0.29, 0.717) is 0 Å². The Bertz CT molecular complexity index is 319. The molecule has 1 unspecified atom stereocenters. The number of hydrogen-bond acceptors (Lipinski definition) is 2. The van der Waals surface area contributed by atoms with E-state index in [2.05, 4.69) is 50.8 Å². The van der Waals surface area contributed by atoms with Crippen molar-refractivity contribution in [1.29, 1.82) is 0 Å². The first-order chi connectivity index (χ1) is 7.84. The summed E-state index contributed by atoms with van der Waals surface area (Å²) in [6.45, 7) is 3.45. The molecule has 0 spiro atoms. The molecule has 0 saturated carbocycles. The van der Waals surface area contributed by atoms with Crippen molar-refractivity contribution < 1.29 is 0 Å². The summed E-state index contributed by atoms with van der Waals surface area (Å²) in [7, 11) is 0. The van der Waals surface area contributed by atoms with E-state index in [1.165, 1.54) is 38.0 Å². The number of benzene rings is 1. The van der Waals surface area contributed by atoms with E-state index in [9.17, 15) is 0 Å². The van der Waals surface area contributed by atoms with Gasteiger partial charge in [0.1, 0.15) is 0 Å². The van der Waals surface area contributed by atoms with Gasteiger partial charge in [0, 0.05) is 16.7 Å². The molecule has 1 aliphatic rings. The van der Waals surface area contributed by atoms with Gasteiger partial charge in [0.05, 0.1) is 0 Å². The Kier molecular flexibility index (Phi) is 4.67. The lowest BCUT2D eigenvalue weighted by Crippen LogP contribution is -2.17. The topological polar surface area (TPSA) is 24.1 Å². The van der Waals surface area contributed by atoms with Crippen LogP contribution in [0.2, 0.25) is 0 Å². The van der Waals surface area contributed by atoms with Crippen LogP contribution in [-0.2, 0) is 0 Å². The Morgan fingerprint density at radius 3 is 3.12 bits per heavy atom. The molecule has 88 valence electrons. The van der Waals surface area contributed by atoms with Gasteiger partial charge in [-0.1, -0.05) is 22.0 Å². The van der Waals surface area contributed by atoms with Gasteiger partial charge in [-0.3, -0.25) is 0 Å². The Labute approximate surface area is 106 Å². The van der Waals surface area contributed by atoms with Gasteiger partial charge in [0.15, 0.2) is 0 Å². The summed E-state index contributed by atoms with van der Waals surface area (Å²) < 4.78 is 1.14. The van der Waals surface area contributed by atoms with Gasteiger partial charge < -0.3 is 10.6 Å². The van der Waals surface area contributed by atoms with Gasteiger partial charge in [0.25, 0.3) is 0 Å². The van der Waals surface area contributed by atoms with E-state index in [-0.39, 0.29) is 0 Å². The highest BCUT2D eigenvalue weighted by atomic mass is 79.9. The van der Waals surface area contributed by atoms with Crippen molar-refractivity contribution in [3.05, 3.63) is 28.7 Å². The van der Waals surface area contributed by atoms with Gasteiger partial charge >= 0.3 is 0 Å². The van der Waals surface area contributed by atoms with Gasteiger partial charge in [-0.05, 0) is 56.5 Å². The van der Waals surface area contributed by atoms with Crippen LogP contribution in [0.3, 0.4) is 0 Å². The summed E-state index contributed by atoms with van der Waals surface area (Å²) >= 11 is 3.49. The molecule has 3 heteroatoms. The zero-order chi connectivity index (χ0) is 11.2. The molecule has 1 heterocycles. The fraction of sp³-hybridized carbons (Fsp3) is 0.538. The molecule has 2 N–H and O–H groups in total. The van der Waals surface area contributed by atoms with Crippen LogP contribution in [0.5, 0.6) is 0 Å². The Hall–Kier alpha value is -0.540. The van der Waals surface area contributed by atoms with E-state index >= 15 is 0 Å². The predicted molar refractivity (Wildman–Crippen MR) is 72.8 cm³/mol. The van der Waals surface area contributed by atoms with Crippen LogP contribution in [0.1, 0.15) is 19.3 Å². The Morgan fingerprint density at radius 1 is 1.31 bits per heavy atom. The number of nitrogens with one attached hydrogen (secondary N) is 2. The molecule has 1 aromatic rings. The molecule has 0 aliphatic carbocycles. The molecule has 16 heavy (non-hydrogen) atoms. The second-order valence-corrected chi connectivity index (χ2v) is 5.35. The van der Waals surface area contributed by atoms with Gasteiger partial charge in [-0.25, -0.2) is 0 Å². The highest BCUT2D eigenvalue weighted by Crippen LogP contribution is 2.18. The lowest BCUT2D eigenvalue weighted by molar-refractivity contribution is 0.496. The largest absolute Gasteiger partial charge is 0.385 e. The van der Waals surface area contributed by atoms with Crippen LogP contribution in [0.15, 0.2) is 28.7 Å². The molecule has 0 amide bonds. The maximum atomic E-state index is 3.53. The molecule has 0 bridgehead atoms. The van der Waals surface area contributed by atoms with Crippen molar-refractivity contribution in [1.82, 2.24) is 5.32 Å². The molecule has 1 atom stereocenters. The summed E-state index contributed by atoms with van der Waals surface area (Å²) in [6, 6.07) is 8.39. The first kappa shape index (κ1) is 11.9. The third-order valence-corrected chi connectivity index (χ3v) is 3.61. The minimum absolute atomic E-state index is 0.814. The Balaban J connectivity index is 1.81. The number of rotatable bonds is 3. The molecule has 1 saturated heterocycles. The summed E-state index contributed by atoms with van der Waals surface area (Å²) in [5, 5.41) is 6.97. The van der Waals surface area contributed by atoms with Crippen LogP contribution in [0.25, 0.3) is 0 Å². The first-order valence-electron chi connectivity index (χ1n) is 6.05. The minimum Gasteiger partial charge on any atom is -0.385 e. The highest BCUT2D eigenvalue weighted by molar-refractivity contribution is 9.10. The molecule has 2 rings (SSSR count). The van der Waals surface area contributed by atoms with E-state index in [1.807, 2.05) is 0 Å². The van der Waals surface area contributed by atoms with Crippen LogP contribution < -0.4 is 10.6 Å². The zero-order valence-electron chi connectivity index (χ0n) is 9.51. The molecule has 1 fully saturated rings. The molecular formula is C13H19BrN2. The van der Waals surface area contributed by atoms with Crippen molar-refractivity contribution in [2.24, 2.45) is 5.92 Å². The van der Waals surface area contributed by atoms with E-state index in [4.69, 9.17) is 0 Å². The standard InChI is InChI=1S/C13H19BrN2/c14-12-4-1-5-13(9-12)16-10-11-3-2-7-15-8-6-11/h1,4-5,9,11,15-16H,2-3,6-8,10H2. The van der Waals surface area contributed by atoms with Crippen molar-refractivity contribution in [2.75, 3.05) is 25.0 Å². The fourth-order valence-electron chi connectivity index (χ4n) is 2.16. The molecule has 2 nitrogen and oxygen atoms in total. The van der Waals surface area contributed by atoms with Crippen LogP contribution in [-0.4, -0.2) is 19.6 Å². The van der Waals surface area contributed by atoms with Crippen molar-refractivity contribution in [3.63, 3.8) is 0 Å². The summed E-state index contributed by atoms with van der Waals surface area (Å²) in [5.74, 6) is 0.814. The second-order valence-electron chi connectivity index (χ2n) is 4.44. The van der Waals surface area contributed by atoms with Crippen LogP contribution in [0, 0.1) is 5.92 Å². The van der Waals surface area contributed by atoms with Gasteiger partial charge in [-0.15, -0.1) is 0 Å². The third-order valence-electron chi connectivity index (χ3n) is 3.11. The fourth-order valence-corrected chi connectivity index (χ4v) is 2.56. The van der Waals surface area contributed by atoms with Crippen molar-refractivity contribution in [2.45, 2.75) is 19.3 Å². The average Bonchev–Trinajstić information content (AvgIpc) is 2.55. The SMILES string of the molecule is Brc1cccc(NCC2CCCNCC2)c1. The third kappa shape index (κ3) is 3.80. The number of halogens is 1. The van der Waals surface area contributed by atoms with E-state index in [1.54, 1.807) is 0 Å². The lowest BCUT2D eigenvalue weighted by Gasteiger charge is -2.15. The summed E-state index contributed by atoms with van der Waals surface area (Å²) in [4.78, 5) is 0. The first-order valence-corrected chi connectivity index (χ1v) is 6.84. The smallest absolute Gasteiger partial charge is 0.0351 e. The normalized spacial score (nSPS) is 21.4. The molecule has 0 aromatic heterocycles.